The molecule has 0 saturated heterocycles. The van der Waals surface area contributed by atoms with Gasteiger partial charge in [-0.2, -0.15) is 0 Å². The second kappa shape index (κ2) is 14.6. The van der Waals surface area contributed by atoms with Crippen molar-refractivity contribution in [2.24, 2.45) is 5.92 Å². The standard InChI is InChI=1S/C37H44FN5/c1-8-12-34(30-17-24(2)18-32(38)20-30)37-28(6)42-36(43-37)19-26(4)35(39-7)16-15-25(3)31-21-33(23-40-22-31)41-27(5)29-13-10-9-11-14-29/h8,12,15-18,20-23,29,39,41H,1,4-5,9-11,13-14,19H2,2-3,6-7H3,(H,42,43)/b25-15+,34-12-,35-16+. The van der Waals surface area contributed by atoms with Gasteiger partial charge in [0.25, 0.3) is 0 Å². The molecule has 0 bridgehead atoms. The lowest BCUT2D eigenvalue weighted by Crippen LogP contribution is -2.14. The minimum absolute atomic E-state index is 0.275. The maximum Gasteiger partial charge on any atom is 0.124 e. The van der Waals surface area contributed by atoms with Crippen LogP contribution in [0, 0.1) is 25.6 Å². The molecule has 2 aromatic heterocycles. The van der Waals surface area contributed by atoms with E-state index in [0.29, 0.717) is 12.3 Å². The minimum Gasteiger partial charge on any atom is -0.388 e. The highest BCUT2D eigenvalue weighted by molar-refractivity contribution is 5.80. The van der Waals surface area contributed by atoms with Crippen molar-refractivity contribution < 1.29 is 4.39 Å². The summed E-state index contributed by atoms with van der Waals surface area (Å²) < 4.78 is 14.2. The summed E-state index contributed by atoms with van der Waals surface area (Å²) in [5.41, 5.74) is 10.1. The second-order valence-electron chi connectivity index (χ2n) is 11.4. The minimum atomic E-state index is -0.275. The SMILES string of the molecule is C=C/C=C(/c1cc(C)cc(F)c1)c1nc(CC(=C)/C(=C\C=C(/C)c2cncc(NC(=C)C3CCCCC3)c2)NC)[nH]c1C. The highest BCUT2D eigenvalue weighted by atomic mass is 19.1. The van der Waals surface area contributed by atoms with Gasteiger partial charge in [0.15, 0.2) is 0 Å². The maximum absolute atomic E-state index is 14.2. The summed E-state index contributed by atoms with van der Waals surface area (Å²) in [6.45, 7) is 18.4. The average Bonchev–Trinajstić information content (AvgIpc) is 3.35. The van der Waals surface area contributed by atoms with Crippen molar-refractivity contribution >= 4 is 16.8 Å². The first-order valence-electron chi connectivity index (χ1n) is 15.0. The quantitative estimate of drug-likeness (QED) is 0.188. The number of rotatable bonds is 12. The van der Waals surface area contributed by atoms with E-state index in [1.165, 1.54) is 44.2 Å². The average molecular weight is 578 g/mol. The Kier molecular flexibility index (Phi) is 10.7. The summed E-state index contributed by atoms with van der Waals surface area (Å²) in [6.07, 6.45) is 18.2. The van der Waals surface area contributed by atoms with Crippen molar-refractivity contribution in [2.45, 2.75) is 59.3 Å². The number of aromatic nitrogens is 3. The van der Waals surface area contributed by atoms with Crippen LogP contribution in [-0.2, 0) is 6.42 Å². The summed E-state index contributed by atoms with van der Waals surface area (Å²) in [7, 11) is 1.89. The van der Waals surface area contributed by atoms with Crippen LogP contribution >= 0.6 is 0 Å². The van der Waals surface area contributed by atoms with Gasteiger partial charge in [-0.05, 0) is 91.6 Å². The third-order valence-electron chi connectivity index (χ3n) is 7.95. The van der Waals surface area contributed by atoms with Gasteiger partial charge in [-0.1, -0.05) is 63.3 Å². The van der Waals surface area contributed by atoms with E-state index in [-0.39, 0.29) is 5.82 Å². The van der Waals surface area contributed by atoms with E-state index in [1.807, 2.05) is 51.5 Å². The van der Waals surface area contributed by atoms with Crippen molar-refractivity contribution in [2.75, 3.05) is 12.4 Å². The van der Waals surface area contributed by atoms with E-state index >= 15 is 0 Å². The molecule has 0 radical (unpaired) electrons. The van der Waals surface area contributed by atoms with Crippen LogP contribution in [0.4, 0.5) is 10.1 Å². The summed E-state index contributed by atoms with van der Waals surface area (Å²) in [5.74, 6) is 1.04. The largest absolute Gasteiger partial charge is 0.388 e. The molecule has 5 nitrogen and oxygen atoms in total. The lowest BCUT2D eigenvalue weighted by molar-refractivity contribution is 0.405. The summed E-state index contributed by atoms with van der Waals surface area (Å²) in [6, 6.07) is 7.12. The lowest BCUT2D eigenvalue weighted by atomic mass is 9.87. The molecule has 1 fully saturated rings. The molecule has 0 spiro atoms. The molecule has 0 amide bonds. The zero-order valence-electron chi connectivity index (χ0n) is 26.0. The van der Waals surface area contributed by atoms with Gasteiger partial charge in [0.05, 0.1) is 17.6 Å². The number of benzene rings is 1. The molecule has 1 aliphatic carbocycles. The Morgan fingerprint density at radius 1 is 1.02 bits per heavy atom. The Morgan fingerprint density at radius 3 is 2.49 bits per heavy atom. The smallest absolute Gasteiger partial charge is 0.124 e. The van der Waals surface area contributed by atoms with Crippen LogP contribution in [0.2, 0.25) is 0 Å². The molecule has 2 heterocycles. The number of aryl methyl sites for hydroxylation is 2. The number of H-pyrrole nitrogens is 1. The number of pyridine rings is 1. The number of hydrogen-bond acceptors (Lipinski definition) is 4. The molecule has 4 rings (SSSR count). The van der Waals surface area contributed by atoms with E-state index in [0.717, 1.165) is 67.7 Å². The Morgan fingerprint density at radius 2 is 1.79 bits per heavy atom. The number of nitrogens with zero attached hydrogens (tertiary/aromatic N) is 2. The lowest BCUT2D eigenvalue weighted by Gasteiger charge is -2.24. The monoisotopic (exact) mass is 577 g/mol. The van der Waals surface area contributed by atoms with E-state index in [9.17, 15) is 4.39 Å². The molecule has 1 saturated carbocycles. The Hall–Kier alpha value is -4.45. The van der Waals surface area contributed by atoms with Gasteiger partial charge >= 0.3 is 0 Å². The highest BCUT2D eigenvalue weighted by Crippen LogP contribution is 2.30. The van der Waals surface area contributed by atoms with Gasteiger partial charge < -0.3 is 15.6 Å². The van der Waals surface area contributed by atoms with Gasteiger partial charge in [-0.15, -0.1) is 0 Å². The number of aromatic amines is 1. The van der Waals surface area contributed by atoms with Crippen LogP contribution in [0.1, 0.15) is 72.9 Å². The molecule has 3 N–H and O–H groups in total. The van der Waals surface area contributed by atoms with Crippen LogP contribution in [-0.4, -0.2) is 22.0 Å². The van der Waals surface area contributed by atoms with Crippen molar-refractivity contribution in [1.29, 1.82) is 0 Å². The van der Waals surface area contributed by atoms with E-state index in [2.05, 4.69) is 59.4 Å². The molecular formula is C37H44FN5. The summed E-state index contributed by atoms with van der Waals surface area (Å²) in [5, 5.41) is 6.78. The van der Waals surface area contributed by atoms with Gasteiger partial charge in [0, 0.05) is 42.3 Å². The van der Waals surface area contributed by atoms with E-state index in [1.54, 1.807) is 6.08 Å². The molecule has 1 aromatic carbocycles. The molecule has 6 heteroatoms. The maximum atomic E-state index is 14.2. The van der Waals surface area contributed by atoms with Crippen LogP contribution in [0.15, 0.2) is 97.7 Å². The van der Waals surface area contributed by atoms with Crippen LogP contribution in [0.3, 0.4) is 0 Å². The number of likely N-dealkylation sites (N-methyl/N-ethyl adjacent to an activating group) is 1. The van der Waals surface area contributed by atoms with Crippen LogP contribution in [0.5, 0.6) is 0 Å². The molecule has 224 valence electrons. The van der Waals surface area contributed by atoms with Crippen molar-refractivity contribution in [3.05, 3.63) is 137 Å². The molecule has 1 aliphatic rings. The second-order valence-corrected chi connectivity index (χ2v) is 11.4. The van der Waals surface area contributed by atoms with E-state index in [4.69, 9.17) is 4.98 Å². The van der Waals surface area contributed by atoms with Crippen molar-refractivity contribution in [3.8, 4) is 0 Å². The topological polar surface area (TPSA) is 65.6 Å². The Labute approximate surface area is 256 Å². The zero-order valence-corrected chi connectivity index (χ0v) is 26.0. The first kappa shape index (κ1) is 31.5. The number of hydrogen-bond donors (Lipinski definition) is 3. The van der Waals surface area contributed by atoms with Gasteiger partial charge in [-0.3, -0.25) is 4.98 Å². The predicted octanol–water partition coefficient (Wildman–Crippen LogP) is 8.99. The number of anilines is 1. The predicted molar refractivity (Wildman–Crippen MR) is 179 cm³/mol. The van der Waals surface area contributed by atoms with Crippen LogP contribution < -0.4 is 10.6 Å². The summed E-state index contributed by atoms with van der Waals surface area (Å²) >= 11 is 0. The molecule has 0 aliphatic heterocycles. The molecule has 0 unspecified atom stereocenters. The van der Waals surface area contributed by atoms with Crippen molar-refractivity contribution in [3.63, 3.8) is 0 Å². The molecular weight excluding hydrogens is 533 g/mol. The number of allylic oxidation sites excluding steroid dienone is 7. The molecule has 43 heavy (non-hydrogen) atoms. The Balaban J connectivity index is 1.48. The molecule has 0 atom stereocenters. The van der Waals surface area contributed by atoms with Crippen molar-refractivity contribution in [1.82, 2.24) is 20.3 Å². The van der Waals surface area contributed by atoms with Gasteiger partial charge in [0.1, 0.15) is 11.6 Å². The van der Waals surface area contributed by atoms with Crippen LogP contribution in [0.25, 0.3) is 11.1 Å². The van der Waals surface area contributed by atoms with Gasteiger partial charge in [0.2, 0.25) is 0 Å². The number of halogens is 1. The fraction of sp³-hybridized carbons (Fsp3) is 0.297. The first-order valence-corrected chi connectivity index (χ1v) is 15.0. The Bertz CT molecular complexity index is 1560. The fourth-order valence-electron chi connectivity index (χ4n) is 5.63. The highest BCUT2D eigenvalue weighted by Gasteiger charge is 2.17. The summed E-state index contributed by atoms with van der Waals surface area (Å²) in [4.78, 5) is 12.7. The first-order chi connectivity index (χ1) is 20.7. The van der Waals surface area contributed by atoms with E-state index < -0.39 is 0 Å². The number of nitrogens with one attached hydrogen (secondary N) is 3. The zero-order chi connectivity index (χ0) is 30.9. The van der Waals surface area contributed by atoms with Gasteiger partial charge in [-0.25, -0.2) is 9.37 Å². The fourth-order valence-corrected chi connectivity index (χ4v) is 5.63. The normalized spacial score (nSPS) is 14.9. The number of imidazole rings is 1. The third kappa shape index (κ3) is 8.31. The third-order valence-corrected chi connectivity index (χ3v) is 7.95. The molecule has 3 aromatic rings.